The summed E-state index contributed by atoms with van der Waals surface area (Å²) in [5.41, 5.74) is 0.437. The van der Waals surface area contributed by atoms with Gasteiger partial charge in [-0.25, -0.2) is 29.3 Å². The molecule has 4 rings (SSSR count). The van der Waals surface area contributed by atoms with Crippen LogP contribution in [-0.4, -0.2) is 92.1 Å². The van der Waals surface area contributed by atoms with Crippen LogP contribution in [0, 0.1) is 0 Å². The Labute approximate surface area is 204 Å². The largest absolute Gasteiger partial charge is 0.478 e. The minimum absolute atomic E-state index is 0.144. The molecule has 1 unspecified atom stereocenters. The lowest BCUT2D eigenvalue weighted by Gasteiger charge is -2.33. The number of piperazine rings is 1. The Morgan fingerprint density at radius 2 is 1.66 bits per heavy atom. The molecule has 1 saturated heterocycles. The van der Waals surface area contributed by atoms with E-state index in [9.17, 15) is 19.2 Å². The van der Waals surface area contributed by atoms with Crippen molar-refractivity contribution < 1.29 is 34.1 Å². The minimum Gasteiger partial charge on any atom is -0.478 e. The molecular weight excluding hydrogens is 484 g/mol. The molecular formula is C21H21ClN6O7. The van der Waals surface area contributed by atoms with E-state index in [0.717, 1.165) is 13.1 Å². The van der Waals surface area contributed by atoms with Crippen molar-refractivity contribution in [3.8, 4) is 0 Å². The number of aromatic nitrogens is 3. The van der Waals surface area contributed by atoms with Gasteiger partial charge in [0.25, 0.3) is 5.91 Å². The van der Waals surface area contributed by atoms with Crippen LogP contribution in [-0.2, 0) is 14.3 Å². The number of amides is 2. The van der Waals surface area contributed by atoms with Gasteiger partial charge in [0.2, 0.25) is 6.23 Å². The first kappa shape index (κ1) is 25.5. The van der Waals surface area contributed by atoms with Gasteiger partial charge in [-0.05, 0) is 19.2 Å². The van der Waals surface area contributed by atoms with Crippen LogP contribution < -0.4 is 4.90 Å². The molecule has 0 aliphatic carbocycles. The van der Waals surface area contributed by atoms with E-state index in [1.807, 2.05) is 7.05 Å². The van der Waals surface area contributed by atoms with Gasteiger partial charge in [0.1, 0.15) is 11.5 Å². The highest BCUT2D eigenvalue weighted by molar-refractivity contribution is 6.30. The molecule has 2 aromatic rings. The zero-order chi connectivity index (χ0) is 25.5. The van der Waals surface area contributed by atoms with Crippen molar-refractivity contribution in [2.24, 2.45) is 0 Å². The Morgan fingerprint density at radius 1 is 1.03 bits per heavy atom. The molecule has 184 valence electrons. The highest BCUT2D eigenvalue weighted by atomic mass is 35.5. The molecule has 35 heavy (non-hydrogen) atoms. The van der Waals surface area contributed by atoms with Crippen molar-refractivity contribution >= 4 is 41.4 Å². The highest BCUT2D eigenvalue weighted by Gasteiger charge is 2.44. The van der Waals surface area contributed by atoms with Gasteiger partial charge in [-0.2, -0.15) is 0 Å². The van der Waals surface area contributed by atoms with Crippen LogP contribution in [0.25, 0.3) is 0 Å². The summed E-state index contributed by atoms with van der Waals surface area (Å²) in [6, 6.07) is 3.20. The molecule has 14 heteroatoms. The summed E-state index contributed by atoms with van der Waals surface area (Å²) in [5.74, 6) is -2.63. The van der Waals surface area contributed by atoms with E-state index in [2.05, 4.69) is 19.9 Å². The number of anilines is 1. The number of likely N-dealkylation sites (N-methyl/N-ethyl adjacent to an activating group) is 1. The van der Waals surface area contributed by atoms with E-state index >= 15 is 0 Å². The zero-order valence-electron chi connectivity index (χ0n) is 18.4. The number of carboxylic acids is 2. The summed E-state index contributed by atoms with van der Waals surface area (Å²) < 4.78 is 5.68. The average molecular weight is 505 g/mol. The van der Waals surface area contributed by atoms with Gasteiger partial charge in [-0.15, -0.1) is 0 Å². The highest BCUT2D eigenvalue weighted by Crippen LogP contribution is 2.35. The van der Waals surface area contributed by atoms with Gasteiger partial charge >= 0.3 is 18.0 Å². The monoisotopic (exact) mass is 504 g/mol. The molecule has 0 aromatic carbocycles. The fourth-order valence-corrected chi connectivity index (χ4v) is 3.29. The number of ether oxygens (including phenoxy) is 1. The van der Waals surface area contributed by atoms with E-state index < -0.39 is 30.2 Å². The second-order valence-electron chi connectivity index (χ2n) is 7.34. The number of rotatable bonds is 4. The van der Waals surface area contributed by atoms with E-state index in [1.54, 1.807) is 17.0 Å². The summed E-state index contributed by atoms with van der Waals surface area (Å²) in [4.78, 5) is 62.1. The van der Waals surface area contributed by atoms with Crippen LogP contribution in [0.1, 0.15) is 22.4 Å². The SMILES string of the molecule is CN1CCN(C(=O)OC2c3nccnc3C(=O)N2c2ccc(Cl)cn2)CC1.O=C(O)/C=C\C(=O)O. The Morgan fingerprint density at radius 3 is 2.23 bits per heavy atom. The lowest BCUT2D eigenvalue weighted by Crippen LogP contribution is -2.48. The molecule has 2 aliphatic rings. The normalized spacial score (nSPS) is 17.5. The molecule has 2 N–H and O–H groups in total. The fourth-order valence-electron chi connectivity index (χ4n) is 3.18. The second-order valence-corrected chi connectivity index (χ2v) is 7.77. The third-order valence-electron chi connectivity index (χ3n) is 4.92. The maximum Gasteiger partial charge on any atom is 0.412 e. The van der Waals surface area contributed by atoms with E-state index in [1.165, 1.54) is 23.5 Å². The summed E-state index contributed by atoms with van der Waals surface area (Å²) in [7, 11) is 2.00. The first-order valence-corrected chi connectivity index (χ1v) is 10.6. The quantitative estimate of drug-likeness (QED) is 0.575. The third kappa shape index (κ3) is 6.49. The summed E-state index contributed by atoms with van der Waals surface area (Å²) in [6.45, 7) is 2.64. The van der Waals surface area contributed by atoms with Gasteiger partial charge in [-0.3, -0.25) is 9.78 Å². The maximum absolute atomic E-state index is 12.8. The van der Waals surface area contributed by atoms with Gasteiger partial charge in [0.15, 0.2) is 5.69 Å². The number of hydrogen-bond acceptors (Lipinski definition) is 9. The molecule has 13 nitrogen and oxygen atoms in total. The molecule has 2 aliphatic heterocycles. The van der Waals surface area contributed by atoms with Crippen molar-refractivity contribution in [1.29, 1.82) is 0 Å². The first-order valence-electron chi connectivity index (χ1n) is 10.2. The molecule has 4 heterocycles. The smallest absolute Gasteiger partial charge is 0.412 e. The van der Waals surface area contributed by atoms with E-state index in [0.29, 0.717) is 41.8 Å². The topological polar surface area (TPSA) is 166 Å². The van der Waals surface area contributed by atoms with Gasteiger partial charge in [0, 0.05) is 56.9 Å². The zero-order valence-corrected chi connectivity index (χ0v) is 19.2. The number of carbonyl (C=O) groups is 4. The van der Waals surface area contributed by atoms with Gasteiger partial charge in [0.05, 0.1) is 5.02 Å². The van der Waals surface area contributed by atoms with Crippen LogP contribution in [0.3, 0.4) is 0 Å². The average Bonchev–Trinajstić information content (AvgIpc) is 3.11. The van der Waals surface area contributed by atoms with E-state index in [-0.39, 0.29) is 5.69 Å². The molecule has 0 spiro atoms. The molecule has 0 radical (unpaired) electrons. The first-order chi connectivity index (χ1) is 16.7. The number of nitrogens with zero attached hydrogens (tertiary/aromatic N) is 6. The van der Waals surface area contributed by atoms with Gasteiger partial charge in [-0.1, -0.05) is 11.6 Å². The Kier molecular flexibility index (Phi) is 8.28. The third-order valence-corrected chi connectivity index (χ3v) is 5.14. The summed E-state index contributed by atoms with van der Waals surface area (Å²) >= 11 is 5.89. The number of aliphatic carboxylic acids is 2. The lowest BCUT2D eigenvalue weighted by molar-refractivity contribution is -0.134. The summed E-state index contributed by atoms with van der Waals surface area (Å²) in [6.07, 6.45) is 3.90. The molecule has 2 amide bonds. The number of pyridine rings is 1. The standard InChI is InChI=1S/C17H17ClN6O3.C4H4O4/c1-22-6-8-23(9-7-22)17(26)27-16-14-13(19-4-5-20-14)15(25)24(16)12-3-2-11(18)10-21-12;5-3(6)1-2-4(7)8/h2-5,10,16H,6-9H2,1H3;1-2H,(H,5,6)(H,7,8)/b;2-1-. The van der Waals surface area contributed by atoms with Crippen LogP contribution >= 0.6 is 11.6 Å². The Balaban J connectivity index is 0.000000371. The van der Waals surface area contributed by atoms with Gasteiger partial charge < -0.3 is 24.7 Å². The number of carbonyl (C=O) groups excluding carboxylic acids is 2. The molecule has 0 bridgehead atoms. The molecule has 0 saturated carbocycles. The van der Waals surface area contributed by atoms with E-state index in [4.69, 9.17) is 26.6 Å². The van der Waals surface area contributed by atoms with Crippen molar-refractivity contribution in [3.63, 3.8) is 0 Å². The molecule has 1 fully saturated rings. The van der Waals surface area contributed by atoms with Crippen LogP contribution in [0.4, 0.5) is 10.6 Å². The Hall–Kier alpha value is -4.10. The fraction of sp³-hybridized carbons (Fsp3) is 0.286. The van der Waals surface area contributed by atoms with Crippen LogP contribution in [0.2, 0.25) is 5.02 Å². The minimum atomic E-state index is -1.26. The number of carboxylic acid groups (broad SMARTS) is 2. The number of hydrogen-bond donors (Lipinski definition) is 2. The predicted molar refractivity (Wildman–Crippen MR) is 121 cm³/mol. The molecule has 2 aromatic heterocycles. The maximum atomic E-state index is 12.8. The number of halogens is 1. The van der Waals surface area contributed by atoms with Crippen molar-refractivity contribution in [2.45, 2.75) is 6.23 Å². The Bertz CT molecular complexity index is 1120. The predicted octanol–water partition coefficient (Wildman–Crippen LogP) is 1.28. The molecule has 1 atom stereocenters. The van der Waals surface area contributed by atoms with Crippen molar-refractivity contribution in [1.82, 2.24) is 24.8 Å². The van der Waals surface area contributed by atoms with Crippen molar-refractivity contribution in [3.05, 3.63) is 59.3 Å². The summed E-state index contributed by atoms with van der Waals surface area (Å²) in [5, 5.41) is 16.1. The van der Waals surface area contributed by atoms with Crippen molar-refractivity contribution in [2.75, 3.05) is 38.1 Å². The second kappa shape index (κ2) is 11.4. The number of fused-ring (bicyclic) bond motifs is 1. The lowest BCUT2D eigenvalue weighted by atomic mass is 10.3. The van der Waals surface area contributed by atoms with Crippen LogP contribution in [0.15, 0.2) is 42.9 Å². The van der Waals surface area contributed by atoms with Crippen LogP contribution in [0.5, 0.6) is 0 Å².